The number of anilines is 1. The number of hydrogen-bond donors (Lipinski definition) is 2. The summed E-state index contributed by atoms with van der Waals surface area (Å²) < 4.78 is 11.3. The number of nitrogens with one attached hydrogen (secondary N) is 2. The maximum atomic E-state index is 12.3. The van der Waals surface area contributed by atoms with Gasteiger partial charge in [0, 0.05) is 45.5 Å². The summed E-state index contributed by atoms with van der Waals surface area (Å²) in [5.74, 6) is 0.488. The molecule has 116 valence electrons. The first-order valence-electron chi connectivity index (χ1n) is 7.08. The zero-order valence-electron chi connectivity index (χ0n) is 12.3. The standard InChI is InChI=1S/C15H21ClN2O2S/c1-10-7-11(5-6-17-10)15(19)18-13-3-4-14(16)12(8-13)9-21(2)20/h3-4,8,10-11,17H,5-7,9H2,1-2H3,(H,18,19)/t10-,11-,21?/m0/s1. The van der Waals surface area contributed by atoms with Crippen LogP contribution in [-0.2, 0) is 21.3 Å². The van der Waals surface area contributed by atoms with Crippen molar-refractivity contribution in [1.82, 2.24) is 5.32 Å². The molecule has 3 atom stereocenters. The summed E-state index contributed by atoms with van der Waals surface area (Å²) in [5.41, 5.74) is 1.52. The molecule has 0 radical (unpaired) electrons. The number of halogens is 1. The van der Waals surface area contributed by atoms with Crippen molar-refractivity contribution < 1.29 is 9.00 Å². The Morgan fingerprint density at radius 1 is 1.52 bits per heavy atom. The van der Waals surface area contributed by atoms with Gasteiger partial charge in [-0.25, -0.2) is 0 Å². The molecule has 6 heteroatoms. The van der Waals surface area contributed by atoms with E-state index in [9.17, 15) is 9.00 Å². The number of carbonyl (C=O) groups excluding carboxylic acids is 1. The summed E-state index contributed by atoms with van der Waals surface area (Å²) in [7, 11) is -0.962. The molecular formula is C15H21ClN2O2S. The van der Waals surface area contributed by atoms with E-state index in [0.29, 0.717) is 16.8 Å². The van der Waals surface area contributed by atoms with E-state index in [4.69, 9.17) is 11.6 Å². The lowest BCUT2D eigenvalue weighted by Crippen LogP contribution is -2.40. The molecule has 1 aromatic rings. The van der Waals surface area contributed by atoms with Crippen LogP contribution >= 0.6 is 11.6 Å². The molecule has 1 aliphatic heterocycles. The largest absolute Gasteiger partial charge is 0.326 e. The second kappa shape index (κ2) is 7.38. The van der Waals surface area contributed by atoms with E-state index in [2.05, 4.69) is 17.6 Å². The van der Waals surface area contributed by atoms with Gasteiger partial charge in [0.05, 0.1) is 0 Å². The molecule has 0 spiro atoms. The first kappa shape index (κ1) is 16.5. The summed E-state index contributed by atoms with van der Waals surface area (Å²) in [6, 6.07) is 5.71. The summed E-state index contributed by atoms with van der Waals surface area (Å²) >= 11 is 6.09. The van der Waals surface area contributed by atoms with Crippen LogP contribution in [0.15, 0.2) is 18.2 Å². The zero-order chi connectivity index (χ0) is 15.4. The molecule has 0 aromatic heterocycles. The van der Waals surface area contributed by atoms with Crippen LogP contribution in [0.25, 0.3) is 0 Å². The third-order valence-electron chi connectivity index (χ3n) is 3.67. The van der Waals surface area contributed by atoms with Gasteiger partial charge in [0.2, 0.25) is 5.91 Å². The number of piperidine rings is 1. The predicted molar refractivity (Wildman–Crippen MR) is 88.0 cm³/mol. The third kappa shape index (κ3) is 4.80. The molecule has 0 bridgehead atoms. The predicted octanol–water partition coefficient (Wildman–Crippen LogP) is 2.55. The van der Waals surface area contributed by atoms with Crippen LogP contribution < -0.4 is 10.6 Å². The highest BCUT2D eigenvalue weighted by molar-refractivity contribution is 7.83. The van der Waals surface area contributed by atoms with Gasteiger partial charge in [0.15, 0.2) is 0 Å². The molecule has 1 aliphatic rings. The Morgan fingerprint density at radius 3 is 2.95 bits per heavy atom. The molecule has 1 aromatic carbocycles. The minimum absolute atomic E-state index is 0.0423. The molecule has 0 aliphatic carbocycles. The van der Waals surface area contributed by atoms with E-state index < -0.39 is 10.8 Å². The van der Waals surface area contributed by atoms with Gasteiger partial charge in [0.25, 0.3) is 0 Å². The Kier molecular flexibility index (Phi) is 5.79. The van der Waals surface area contributed by atoms with Crippen LogP contribution in [0.4, 0.5) is 5.69 Å². The molecule has 1 fully saturated rings. The Balaban J connectivity index is 2.05. The lowest BCUT2D eigenvalue weighted by atomic mass is 9.92. The molecule has 2 rings (SSSR count). The van der Waals surface area contributed by atoms with Gasteiger partial charge < -0.3 is 10.6 Å². The second-order valence-corrected chi connectivity index (χ2v) is 7.43. The van der Waals surface area contributed by atoms with Gasteiger partial charge in [-0.05, 0) is 50.1 Å². The second-order valence-electron chi connectivity index (χ2n) is 5.59. The summed E-state index contributed by atoms with van der Waals surface area (Å²) in [4.78, 5) is 12.3. The van der Waals surface area contributed by atoms with Crippen LogP contribution in [0.5, 0.6) is 0 Å². The molecule has 4 nitrogen and oxygen atoms in total. The van der Waals surface area contributed by atoms with Gasteiger partial charge in [-0.3, -0.25) is 9.00 Å². The molecule has 1 heterocycles. The van der Waals surface area contributed by atoms with Crippen molar-refractivity contribution in [2.24, 2.45) is 5.92 Å². The fraction of sp³-hybridized carbons (Fsp3) is 0.533. The van der Waals surface area contributed by atoms with E-state index in [0.717, 1.165) is 30.6 Å². The molecular weight excluding hydrogens is 308 g/mol. The first-order valence-corrected chi connectivity index (χ1v) is 9.19. The smallest absolute Gasteiger partial charge is 0.227 e. The summed E-state index contributed by atoms with van der Waals surface area (Å²) in [6.07, 6.45) is 3.35. The van der Waals surface area contributed by atoms with Crippen molar-refractivity contribution in [1.29, 1.82) is 0 Å². The van der Waals surface area contributed by atoms with Crippen LogP contribution in [0.3, 0.4) is 0 Å². The lowest BCUT2D eigenvalue weighted by molar-refractivity contribution is -0.120. The summed E-state index contributed by atoms with van der Waals surface area (Å²) in [5, 5.41) is 6.87. The number of rotatable bonds is 4. The molecule has 1 saturated heterocycles. The van der Waals surface area contributed by atoms with E-state index in [-0.39, 0.29) is 11.8 Å². The van der Waals surface area contributed by atoms with Crippen molar-refractivity contribution in [3.63, 3.8) is 0 Å². The minimum Gasteiger partial charge on any atom is -0.326 e. The molecule has 2 N–H and O–H groups in total. The SMILES string of the molecule is C[C@H]1C[C@@H](C(=O)Nc2ccc(Cl)c(CS(C)=O)c2)CCN1. The average molecular weight is 329 g/mol. The zero-order valence-corrected chi connectivity index (χ0v) is 13.9. The van der Waals surface area contributed by atoms with Crippen molar-refractivity contribution in [2.75, 3.05) is 18.1 Å². The molecule has 21 heavy (non-hydrogen) atoms. The van der Waals surface area contributed by atoms with Gasteiger partial charge in [-0.2, -0.15) is 0 Å². The highest BCUT2D eigenvalue weighted by Gasteiger charge is 2.24. The van der Waals surface area contributed by atoms with Crippen LogP contribution in [0.1, 0.15) is 25.3 Å². The molecule has 1 unspecified atom stereocenters. The van der Waals surface area contributed by atoms with E-state index in [1.54, 1.807) is 18.4 Å². The average Bonchev–Trinajstić information content (AvgIpc) is 2.42. The van der Waals surface area contributed by atoms with Crippen molar-refractivity contribution in [2.45, 2.75) is 31.6 Å². The minimum atomic E-state index is -0.962. The lowest BCUT2D eigenvalue weighted by Gasteiger charge is -2.27. The number of carbonyl (C=O) groups is 1. The van der Waals surface area contributed by atoms with E-state index >= 15 is 0 Å². The quantitative estimate of drug-likeness (QED) is 0.893. The van der Waals surface area contributed by atoms with Gasteiger partial charge in [-0.1, -0.05) is 11.6 Å². The third-order valence-corrected chi connectivity index (χ3v) is 4.75. The van der Waals surface area contributed by atoms with E-state index in [1.807, 2.05) is 6.07 Å². The van der Waals surface area contributed by atoms with Crippen LogP contribution in [0, 0.1) is 5.92 Å². The normalized spacial score (nSPS) is 23.6. The highest BCUT2D eigenvalue weighted by Crippen LogP contribution is 2.23. The monoisotopic (exact) mass is 328 g/mol. The van der Waals surface area contributed by atoms with Crippen molar-refractivity contribution >= 4 is 34.0 Å². The van der Waals surface area contributed by atoms with Crippen molar-refractivity contribution in [3.05, 3.63) is 28.8 Å². The van der Waals surface area contributed by atoms with Gasteiger partial charge in [-0.15, -0.1) is 0 Å². The number of benzene rings is 1. The maximum Gasteiger partial charge on any atom is 0.227 e. The fourth-order valence-corrected chi connectivity index (χ4v) is 3.54. The Morgan fingerprint density at radius 2 is 2.29 bits per heavy atom. The first-order chi connectivity index (χ1) is 9.95. The Labute approximate surface area is 133 Å². The topological polar surface area (TPSA) is 58.2 Å². The fourth-order valence-electron chi connectivity index (χ4n) is 2.60. The van der Waals surface area contributed by atoms with Gasteiger partial charge >= 0.3 is 0 Å². The van der Waals surface area contributed by atoms with E-state index in [1.165, 1.54) is 0 Å². The Hall–Kier alpha value is -0.910. The number of hydrogen-bond acceptors (Lipinski definition) is 3. The highest BCUT2D eigenvalue weighted by atomic mass is 35.5. The maximum absolute atomic E-state index is 12.3. The Bertz CT molecular complexity index is 550. The summed E-state index contributed by atoms with van der Waals surface area (Å²) in [6.45, 7) is 2.97. The van der Waals surface area contributed by atoms with Gasteiger partial charge in [0.1, 0.15) is 0 Å². The molecule has 1 amide bonds. The van der Waals surface area contributed by atoms with Crippen molar-refractivity contribution in [3.8, 4) is 0 Å². The molecule has 0 saturated carbocycles. The van der Waals surface area contributed by atoms with Crippen LogP contribution in [0.2, 0.25) is 5.02 Å². The van der Waals surface area contributed by atoms with Crippen LogP contribution in [-0.4, -0.2) is 29.0 Å². The number of amides is 1.